The van der Waals surface area contributed by atoms with Crippen LogP contribution in [-0.2, 0) is 0 Å². The number of allylic oxidation sites excluding steroid dienone is 1. The predicted molar refractivity (Wildman–Crippen MR) is 111 cm³/mol. The molecule has 1 aromatic rings. The number of aliphatic imine (C=N–C) groups is 1. The van der Waals surface area contributed by atoms with Crippen LogP contribution in [0.25, 0.3) is 0 Å². The minimum atomic E-state index is 0.554. The Morgan fingerprint density at radius 1 is 1.27 bits per heavy atom. The molecule has 0 spiro atoms. The zero-order valence-electron chi connectivity index (χ0n) is 15.0. The van der Waals surface area contributed by atoms with Gasteiger partial charge in [0.15, 0.2) is 5.11 Å². The Kier molecular flexibility index (Phi) is 6.28. The average molecular weight is 368 g/mol. The number of nitrogens with one attached hydrogen (secondary N) is 1. The highest BCUT2D eigenvalue weighted by atomic mass is 32.1. The van der Waals surface area contributed by atoms with Crippen LogP contribution < -0.4 is 5.43 Å². The van der Waals surface area contributed by atoms with Crippen LogP contribution >= 0.6 is 12.2 Å². The van der Waals surface area contributed by atoms with Crippen molar-refractivity contribution in [2.45, 2.75) is 38.1 Å². The molecule has 1 aliphatic carbocycles. The van der Waals surface area contributed by atoms with Crippen molar-refractivity contribution in [1.82, 2.24) is 15.3 Å². The van der Waals surface area contributed by atoms with Crippen molar-refractivity contribution in [2.75, 3.05) is 6.54 Å². The number of aromatic nitrogens is 1. The number of likely N-dealkylation sites (tertiary alicyclic amines) is 1. The number of thiocarbonyl (C=S) groups is 1. The molecule has 3 rings (SSSR count). The first-order valence-corrected chi connectivity index (χ1v) is 9.52. The van der Waals surface area contributed by atoms with E-state index >= 15 is 0 Å². The molecule has 2 unspecified atom stereocenters. The van der Waals surface area contributed by atoms with Crippen molar-refractivity contribution in [3.8, 4) is 0 Å². The second-order valence-corrected chi connectivity index (χ2v) is 6.97. The van der Waals surface area contributed by atoms with Crippen LogP contribution in [0.4, 0.5) is 0 Å². The molecule has 0 aromatic carbocycles. The predicted octanol–water partition coefficient (Wildman–Crippen LogP) is 3.70. The van der Waals surface area contributed by atoms with E-state index < -0.39 is 0 Å². The molecule has 136 valence electrons. The lowest BCUT2D eigenvalue weighted by molar-refractivity contribution is 0.252. The SMILES string of the molecule is C=CN=C(C=C)/C(=N\NC(=S)N1CCC2CCCCC21)c1ccccn1. The van der Waals surface area contributed by atoms with Crippen molar-refractivity contribution in [3.63, 3.8) is 0 Å². The van der Waals surface area contributed by atoms with Crippen LogP contribution in [0.5, 0.6) is 0 Å². The Morgan fingerprint density at radius 2 is 2.12 bits per heavy atom. The van der Waals surface area contributed by atoms with E-state index in [-0.39, 0.29) is 0 Å². The lowest BCUT2D eigenvalue weighted by Gasteiger charge is -2.32. The Bertz CT molecular complexity index is 725. The third-order valence-corrected chi connectivity index (χ3v) is 5.43. The van der Waals surface area contributed by atoms with E-state index in [0.29, 0.717) is 28.3 Å². The smallest absolute Gasteiger partial charge is 0.189 e. The summed E-state index contributed by atoms with van der Waals surface area (Å²) in [5, 5.41) is 5.21. The summed E-state index contributed by atoms with van der Waals surface area (Å²) < 4.78 is 0. The summed E-state index contributed by atoms with van der Waals surface area (Å²) in [5.74, 6) is 0.772. The number of hydrazone groups is 1. The molecule has 6 heteroatoms. The van der Waals surface area contributed by atoms with Crippen molar-refractivity contribution in [3.05, 3.63) is 55.5 Å². The molecule has 5 nitrogen and oxygen atoms in total. The van der Waals surface area contributed by atoms with E-state index in [1.807, 2.05) is 18.2 Å². The molecule has 0 amide bonds. The van der Waals surface area contributed by atoms with Crippen molar-refractivity contribution < 1.29 is 0 Å². The van der Waals surface area contributed by atoms with Gasteiger partial charge >= 0.3 is 0 Å². The Labute approximate surface area is 160 Å². The highest BCUT2D eigenvalue weighted by Gasteiger charge is 2.36. The maximum absolute atomic E-state index is 5.64. The summed E-state index contributed by atoms with van der Waals surface area (Å²) in [5.41, 5.74) is 4.98. The first-order chi connectivity index (χ1) is 12.7. The molecule has 1 saturated heterocycles. The van der Waals surface area contributed by atoms with E-state index in [4.69, 9.17) is 12.2 Å². The van der Waals surface area contributed by atoms with Gasteiger partial charge in [-0.1, -0.05) is 32.1 Å². The summed E-state index contributed by atoms with van der Waals surface area (Å²) >= 11 is 5.64. The first-order valence-electron chi connectivity index (χ1n) is 9.11. The van der Waals surface area contributed by atoms with Crippen LogP contribution in [-0.4, -0.2) is 39.0 Å². The van der Waals surface area contributed by atoms with Gasteiger partial charge in [0.05, 0.1) is 11.4 Å². The van der Waals surface area contributed by atoms with Gasteiger partial charge in [-0.2, -0.15) is 5.10 Å². The van der Waals surface area contributed by atoms with E-state index in [1.165, 1.54) is 38.3 Å². The number of fused-ring (bicyclic) bond motifs is 1. The Balaban J connectivity index is 1.80. The lowest BCUT2D eigenvalue weighted by atomic mass is 9.85. The van der Waals surface area contributed by atoms with E-state index in [9.17, 15) is 0 Å². The zero-order chi connectivity index (χ0) is 18.4. The van der Waals surface area contributed by atoms with Gasteiger partial charge in [-0.3, -0.25) is 15.4 Å². The highest BCUT2D eigenvalue weighted by Crippen LogP contribution is 2.36. The van der Waals surface area contributed by atoms with Crippen molar-refractivity contribution in [1.29, 1.82) is 0 Å². The summed E-state index contributed by atoms with van der Waals surface area (Å²) in [6, 6.07) is 6.22. The van der Waals surface area contributed by atoms with Crippen LogP contribution in [0.1, 0.15) is 37.8 Å². The van der Waals surface area contributed by atoms with Crippen LogP contribution in [0.2, 0.25) is 0 Å². The van der Waals surface area contributed by atoms with E-state index in [2.05, 4.69) is 38.6 Å². The monoisotopic (exact) mass is 367 g/mol. The Hall–Kier alpha value is -2.34. The molecule has 2 aliphatic rings. The Morgan fingerprint density at radius 3 is 2.85 bits per heavy atom. The molecule has 0 bridgehead atoms. The molecule has 2 heterocycles. The topological polar surface area (TPSA) is 52.9 Å². The number of pyridine rings is 1. The van der Waals surface area contributed by atoms with Crippen LogP contribution in [0, 0.1) is 5.92 Å². The molecular formula is C20H25N5S. The van der Waals surface area contributed by atoms with Crippen molar-refractivity contribution in [2.24, 2.45) is 16.0 Å². The quantitative estimate of drug-likeness (QED) is 0.490. The summed E-state index contributed by atoms with van der Waals surface area (Å²) in [6.45, 7) is 8.49. The zero-order valence-corrected chi connectivity index (χ0v) is 15.8. The third-order valence-electron chi connectivity index (χ3n) is 5.11. The van der Waals surface area contributed by atoms with E-state index in [1.54, 1.807) is 12.3 Å². The number of rotatable bonds is 5. The molecule has 2 atom stereocenters. The van der Waals surface area contributed by atoms with Gasteiger partial charge in [0, 0.05) is 25.0 Å². The van der Waals surface area contributed by atoms with Gasteiger partial charge in [-0.25, -0.2) is 0 Å². The molecular weight excluding hydrogens is 342 g/mol. The molecule has 1 N–H and O–H groups in total. The minimum absolute atomic E-state index is 0.554. The molecule has 2 fully saturated rings. The maximum Gasteiger partial charge on any atom is 0.189 e. The number of hydrogen-bond donors (Lipinski definition) is 1. The molecule has 1 aromatic heterocycles. The fourth-order valence-electron chi connectivity index (χ4n) is 3.88. The summed E-state index contributed by atoms with van der Waals surface area (Å²) in [6.07, 6.45) is 11.2. The van der Waals surface area contributed by atoms with Crippen LogP contribution in [0.3, 0.4) is 0 Å². The molecule has 1 aliphatic heterocycles. The van der Waals surface area contributed by atoms with Gasteiger partial charge in [-0.15, -0.1) is 0 Å². The number of nitrogens with zero attached hydrogens (tertiary/aromatic N) is 4. The lowest BCUT2D eigenvalue weighted by Crippen LogP contribution is -2.43. The van der Waals surface area contributed by atoms with Gasteiger partial charge < -0.3 is 4.90 Å². The van der Waals surface area contributed by atoms with Gasteiger partial charge in [0.1, 0.15) is 5.71 Å². The fourth-order valence-corrected chi connectivity index (χ4v) is 4.16. The fraction of sp³-hybridized carbons (Fsp3) is 0.400. The number of hydrogen-bond acceptors (Lipinski definition) is 4. The first kappa shape index (κ1) is 18.5. The second kappa shape index (κ2) is 8.85. The largest absolute Gasteiger partial charge is 0.345 e. The summed E-state index contributed by atoms with van der Waals surface area (Å²) in [4.78, 5) is 10.9. The third kappa shape index (κ3) is 4.07. The average Bonchev–Trinajstić information content (AvgIpc) is 3.12. The standard InChI is InChI=1S/C20H25N5S/c1-3-16(21-4-2)19(17-10-7-8-13-22-17)23-24-20(26)25-14-12-15-9-5-6-11-18(15)25/h3-4,7-8,10,13,15,18H,1-2,5-6,9,11-12,14H2,(H,24,26)/b21-16?,23-19+. The summed E-state index contributed by atoms with van der Waals surface area (Å²) in [7, 11) is 0. The van der Waals surface area contributed by atoms with Crippen molar-refractivity contribution >= 4 is 28.8 Å². The second-order valence-electron chi connectivity index (χ2n) is 6.59. The van der Waals surface area contributed by atoms with Gasteiger partial charge in [0.25, 0.3) is 0 Å². The van der Waals surface area contributed by atoms with Gasteiger partial charge in [0.2, 0.25) is 0 Å². The molecule has 0 radical (unpaired) electrons. The van der Waals surface area contributed by atoms with E-state index in [0.717, 1.165) is 12.5 Å². The molecule has 1 saturated carbocycles. The maximum atomic E-state index is 5.64. The highest BCUT2D eigenvalue weighted by molar-refractivity contribution is 7.80. The normalized spacial score (nSPS) is 23.3. The van der Waals surface area contributed by atoms with Gasteiger partial charge in [-0.05, 0) is 55.6 Å². The minimum Gasteiger partial charge on any atom is -0.345 e. The molecule has 26 heavy (non-hydrogen) atoms. The van der Waals surface area contributed by atoms with Crippen LogP contribution in [0.15, 0.2) is 59.9 Å².